The van der Waals surface area contributed by atoms with E-state index in [9.17, 15) is 4.79 Å². The molecule has 2 aliphatic rings. The Kier molecular flexibility index (Phi) is 7.80. The number of aliphatic hydroxyl groups is 1. The van der Waals surface area contributed by atoms with Crippen molar-refractivity contribution in [2.24, 2.45) is 11.8 Å². The van der Waals surface area contributed by atoms with E-state index in [0.717, 1.165) is 45.4 Å². The SMILES string of the molecule is C[C@H](NCC1CCN(CCO)CC1)C(=O)N[C@@H]1CCCC[C@@H]1C. The van der Waals surface area contributed by atoms with Crippen molar-refractivity contribution < 1.29 is 9.90 Å². The quantitative estimate of drug-likeness (QED) is 0.661. The minimum Gasteiger partial charge on any atom is -0.395 e. The Balaban J connectivity index is 1.64. The summed E-state index contributed by atoms with van der Waals surface area (Å²) >= 11 is 0. The number of likely N-dealkylation sites (tertiary alicyclic amines) is 1. The predicted octanol–water partition coefficient (Wildman–Crippen LogP) is 1.36. The summed E-state index contributed by atoms with van der Waals surface area (Å²) in [6.45, 7) is 8.31. The van der Waals surface area contributed by atoms with Gasteiger partial charge in [0.1, 0.15) is 0 Å². The second kappa shape index (κ2) is 9.60. The number of β-amino-alcohol motifs (C(OH)–C–C–N with tert-alkyl or cyclic N) is 1. The van der Waals surface area contributed by atoms with E-state index in [1.165, 1.54) is 19.3 Å². The zero-order valence-electron chi connectivity index (χ0n) is 14.9. The molecule has 134 valence electrons. The summed E-state index contributed by atoms with van der Waals surface area (Å²) in [5.41, 5.74) is 0. The third-order valence-corrected chi connectivity index (χ3v) is 5.67. The molecule has 1 saturated heterocycles. The Bertz CT molecular complexity index is 356. The normalized spacial score (nSPS) is 28.5. The Morgan fingerprint density at radius 2 is 1.91 bits per heavy atom. The first-order valence-electron chi connectivity index (χ1n) is 9.47. The lowest BCUT2D eigenvalue weighted by molar-refractivity contribution is -0.124. The number of piperidine rings is 1. The van der Waals surface area contributed by atoms with Crippen LogP contribution in [0.4, 0.5) is 0 Å². The second-order valence-electron chi connectivity index (χ2n) is 7.52. The topological polar surface area (TPSA) is 64.6 Å². The lowest BCUT2D eigenvalue weighted by Crippen LogP contribution is -2.50. The lowest BCUT2D eigenvalue weighted by atomic mass is 9.86. The zero-order chi connectivity index (χ0) is 16.7. The molecule has 1 amide bonds. The fourth-order valence-electron chi connectivity index (χ4n) is 3.83. The fraction of sp³-hybridized carbons (Fsp3) is 0.944. The third kappa shape index (κ3) is 6.05. The molecule has 0 spiro atoms. The first-order valence-corrected chi connectivity index (χ1v) is 9.47. The minimum absolute atomic E-state index is 0.111. The van der Waals surface area contributed by atoms with Crippen LogP contribution >= 0.6 is 0 Å². The Hall–Kier alpha value is -0.650. The van der Waals surface area contributed by atoms with Crippen LogP contribution in [0.1, 0.15) is 52.4 Å². The number of hydrogen-bond acceptors (Lipinski definition) is 4. The highest BCUT2D eigenvalue weighted by molar-refractivity contribution is 5.81. The lowest BCUT2D eigenvalue weighted by Gasteiger charge is -2.33. The van der Waals surface area contributed by atoms with E-state index >= 15 is 0 Å². The molecular weight excluding hydrogens is 290 g/mol. The van der Waals surface area contributed by atoms with E-state index in [2.05, 4.69) is 22.5 Å². The molecule has 0 bridgehead atoms. The number of hydrogen-bond donors (Lipinski definition) is 3. The van der Waals surface area contributed by atoms with Crippen LogP contribution in [-0.4, -0.2) is 60.8 Å². The van der Waals surface area contributed by atoms with Gasteiger partial charge in [0.15, 0.2) is 0 Å². The summed E-state index contributed by atoms with van der Waals surface area (Å²) in [5, 5.41) is 15.6. The van der Waals surface area contributed by atoms with Gasteiger partial charge in [-0.05, 0) is 64.1 Å². The number of nitrogens with one attached hydrogen (secondary N) is 2. The maximum absolute atomic E-state index is 12.4. The summed E-state index contributed by atoms with van der Waals surface area (Å²) in [4.78, 5) is 14.7. The standard InChI is InChI=1S/C18H35N3O2/c1-14-5-3-4-6-17(14)20-18(23)15(2)19-13-16-7-9-21(10-8-16)11-12-22/h14-17,19,22H,3-13H2,1-2H3,(H,20,23)/t14-,15-,17+/m0/s1. The highest BCUT2D eigenvalue weighted by Crippen LogP contribution is 2.23. The first-order chi connectivity index (χ1) is 11.1. The van der Waals surface area contributed by atoms with Crippen LogP contribution in [0.3, 0.4) is 0 Å². The van der Waals surface area contributed by atoms with Gasteiger partial charge >= 0.3 is 0 Å². The first kappa shape index (κ1) is 18.7. The highest BCUT2D eigenvalue weighted by atomic mass is 16.3. The molecule has 2 fully saturated rings. The largest absolute Gasteiger partial charge is 0.395 e. The molecule has 1 heterocycles. The fourth-order valence-corrected chi connectivity index (χ4v) is 3.83. The molecular formula is C18H35N3O2. The van der Waals surface area contributed by atoms with Crippen LogP contribution in [0.25, 0.3) is 0 Å². The van der Waals surface area contributed by atoms with Crippen molar-refractivity contribution in [2.45, 2.75) is 64.5 Å². The molecule has 3 atom stereocenters. The molecule has 0 aromatic heterocycles. The van der Waals surface area contributed by atoms with Crippen molar-refractivity contribution in [1.29, 1.82) is 0 Å². The van der Waals surface area contributed by atoms with E-state index in [4.69, 9.17) is 5.11 Å². The van der Waals surface area contributed by atoms with E-state index < -0.39 is 0 Å². The number of amides is 1. The van der Waals surface area contributed by atoms with Gasteiger partial charge < -0.3 is 20.6 Å². The average Bonchev–Trinajstić information content (AvgIpc) is 2.56. The van der Waals surface area contributed by atoms with Crippen molar-refractivity contribution in [3.8, 4) is 0 Å². The monoisotopic (exact) mass is 325 g/mol. The summed E-state index contributed by atoms with van der Waals surface area (Å²) in [6.07, 6.45) is 7.21. The van der Waals surface area contributed by atoms with Gasteiger partial charge in [-0.2, -0.15) is 0 Å². The highest BCUT2D eigenvalue weighted by Gasteiger charge is 2.25. The molecule has 1 saturated carbocycles. The van der Waals surface area contributed by atoms with Gasteiger partial charge in [-0.15, -0.1) is 0 Å². The van der Waals surface area contributed by atoms with Crippen LogP contribution in [-0.2, 0) is 4.79 Å². The molecule has 1 aliphatic carbocycles. The van der Waals surface area contributed by atoms with Crippen LogP contribution in [0.15, 0.2) is 0 Å². The summed E-state index contributed by atoms with van der Waals surface area (Å²) in [6, 6.07) is 0.252. The van der Waals surface area contributed by atoms with Gasteiger partial charge in [-0.1, -0.05) is 19.8 Å². The van der Waals surface area contributed by atoms with E-state index in [0.29, 0.717) is 17.9 Å². The molecule has 0 unspecified atom stereocenters. The third-order valence-electron chi connectivity index (χ3n) is 5.67. The van der Waals surface area contributed by atoms with Crippen molar-refractivity contribution >= 4 is 5.91 Å². The van der Waals surface area contributed by atoms with Gasteiger partial charge in [0.05, 0.1) is 12.6 Å². The molecule has 3 N–H and O–H groups in total. The minimum atomic E-state index is -0.111. The molecule has 23 heavy (non-hydrogen) atoms. The molecule has 1 aliphatic heterocycles. The van der Waals surface area contributed by atoms with Crippen LogP contribution < -0.4 is 10.6 Å². The zero-order valence-corrected chi connectivity index (χ0v) is 14.9. The molecule has 0 radical (unpaired) electrons. The number of carbonyl (C=O) groups excluding carboxylic acids is 1. The number of aliphatic hydroxyl groups excluding tert-OH is 1. The molecule has 5 heteroatoms. The van der Waals surface area contributed by atoms with Crippen molar-refractivity contribution in [2.75, 3.05) is 32.8 Å². The Morgan fingerprint density at radius 1 is 1.22 bits per heavy atom. The maximum Gasteiger partial charge on any atom is 0.237 e. The van der Waals surface area contributed by atoms with Crippen LogP contribution in [0.2, 0.25) is 0 Å². The van der Waals surface area contributed by atoms with Gasteiger partial charge in [-0.3, -0.25) is 4.79 Å². The van der Waals surface area contributed by atoms with Crippen LogP contribution in [0, 0.1) is 11.8 Å². The summed E-state index contributed by atoms with van der Waals surface area (Å²) in [7, 11) is 0. The number of rotatable bonds is 7. The Labute approximate surface area is 141 Å². The smallest absolute Gasteiger partial charge is 0.237 e. The van der Waals surface area contributed by atoms with Crippen LogP contribution in [0.5, 0.6) is 0 Å². The van der Waals surface area contributed by atoms with Crippen molar-refractivity contribution in [1.82, 2.24) is 15.5 Å². The predicted molar refractivity (Wildman–Crippen MR) is 93.3 cm³/mol. The van der Waals surface area contributed by atoms with Crippen molar-refractivity contribution in [3.05, 3.63) is 0 Å². The number of carbonyl (C=O) groups is 1. The number of nitrogens with zero attached hydrogens (tertiary/aromatic N) is 1. The van der Waals surface area contributed by atoms with E-state index in [-0.39, 0.29) is 18.6 Å². The van der Waals surface area contributed by atoms with E-state index in [1.54, 1.807) is 0 Å². The average molecular weight is 325 g/mol. The van der Waals surface area contributed by atoms with Gasteiger partial charge in [0, 0.05) is 12.6 Å². The summed E-state index contributed by atoms with van der Waals surface area (Å²) in [5.74, 6) is 1.41. The molecule has 0 aromatic rings. The summed E-state index contributed by atoms with van der Waals surface area (Å²) < 4.78 is 0. The van der Waals surface area contributed by atoms with Crippen molar-refractivity contribution in [3.63, 3.8) is 0 Å². The molecule has 5 nitrogen and oxygen atoms in total. The molecule has 2 rings (SSSR count). The van der Waals surface area contributed by atoms with Gasteiger partial charge in [0.2, 0.25) is 5.91 Å². The Morgan fingerprint density at radius 3 is 2.57 bits per heavy atom. The molecule has 0 aromatic carbocycles. The van der Waals surface area contributed by atoms with E-state index in [1.807, 2.05) is 6.92 Å². The second-order valence-corrected chi connectivity index (χ2v) is 7.52. The van der Waals surface area contributed by atoms with Gasteiger partial charge in [0.25, 0.3) is 0 Å². The van der Waals surface area contributed by atoms with Gasteiger partial charge in [-0.25, -0.2) is 0 Å². The maximum atomic E-state index is 12.4.